The maximum Gasteiger partial charge on any atom is 0.335 e. The van der Waals surface area contributed by atoms with Gasteiger partial charge in [-0.2, -0.15) is 0 Å². The number of hydrogen-bond donors (Lipinski definition) is 1. The normalized spacial score (nSPS) is 14.8. The van der Waals surface area contributed by atoms with Crippen molar-refractivity contribution in [2.75, 3.05) is 7.05 Å². The van der Waals surface area contributed by atoms with Gasteiger partial charge in [-0.3, -0.25) is 0 Å². The number of amides is 2. The maximum absolute atomic E-state index is 12.4. The van der Waals surface area contributed by atoms with E-state index in [1.54, 1.807) is 28.0 Å². The fraction of sp³-hybridized carbons (Fsp3) is 0.467. The molecule has 0 saturated heterocycles. The molecule has 1 N–H and O–H groups in total. The van der Waals surface area contributed by atoms with Crippen molar-refractivity contribution in [2.45, 2.75) is 39.4 Å². The lowest BCUT2D eigenvalue weighted by atomic mass is 10.1. The molecule has 0 fully saturated rings. The number of carboxylic acids is 1. The minimum absolute atomic E-state index is 0.00701. The van der Waals surface area contributed by atoms with E-state index in [4.69, 9.17) is 5.11 Å². The summed E-state index contributed by atoms with van der Waals surface area (Å²) in [5, 5.41) is 9.00. The van der Waals surface area contributed by atoms with Crippen LogP contribution in [-0.4, -0.2) is 40.0 Å². The molecule has 108 valence electrons. The largest absolute Gasteiger partial charge is 0.478 e. The highest BCUT2D eigenvalue weighted by molar-refractivity contribution is 5.88. The Morgan fingerprint density at radius 1 is 1.35 bits per heavy atom. The van der Waals surface area contributed by atoms with Crippen molar-refractivity contribution in [1.82, 2.24) is 9.80 Å². The lowest BCUT2D eigenvalue weighted by Gasteiger charge is -2.28. The topological polar surface area (TPSA) is 60.9 Å². The summed E-state index contributed by atoms with van der Waals surface area (Å²) in [5.41, 5.74) is 2.23. The van der Waals surface area contributed by atoms with Gasteiger partial charge >= 0.3 is 12.0 Å². The van der Waals surface area contributed by atoms with Crippen molar-refractivity contribution < 1.29 is 14.7 Å². The van der Waals surface area contributed by atoms with Gasteiger partial charge in [0.1, 0.15) is 0 Å². The van der Waals surface area contributed by atoms with E-state index in [0.717, 1.165) is 17.5 Å². The Labute approximate surface area is 118 Å². The van der Waals surface area contributed by atoms with Crippen LogP contribution in [0.4, 0.5) is 4.79 Å². The molecule has 20 heavy (non-hydrogen) atoms. The third-order valence-corrected chi connectivity index (χ3v) is 4.00. The first kappa shape index (κ1) is 14.4. The van der Waals surface area contributed by atoms with Crippen molar-refractivity contribution in [2.24, 2.45) is 0 Å². The Hall–Kier alpha value is -2.04. The highest BCUT2D eigenvalue weighted by Crippen LogP contribution is 2.25. The molecule has 0 spiro atoms. The summed E-state index contributed by atoms with van der Waals surface area (Å²) in [5.74, 6) is -0.936. The van der Waals surface area contributed by atoms with Crippen LogP contribution >= 0.6 is 0 Å². The van der Waals surface area contributed by atoms with Gasteiger partial charge in [0.2, 0.25) is 0 Å². The third-order valence-electron chi connectivity index (χ3n) is 4.00. The quantitative estimate of drug-likeness (QED) is 0.923. The Kier molecular flexibility index (Phi) is 3.97. The van der Waals surface area contributed by atoms with Crippen LogP contribution in [0.3, 0.4) is 0 Å². The van der Waals surface area contributed by atoms with Gasteiger partial charge in [-0.25, -0.2) is 9.59 Å². The molecule has 5 nitrogen and oxygen atoms in total. The summed E-state index contributed by atoms with van der Waals surface area (Å²) in [6.45, 7) is 5.10. The highest BCUT2D eigenvalue weighted by Gasteiger charge is 2.27. The number of fused-ring (bicyclic) bond motifs is 1. The van der Waals surface area contributed by atoms with E-state index in [1.807, 2.05) is 20.9 Å². The van der Waals surface area contributed by atoms with Crippen molar-refractivity contribution in [3.8, 4) is 0 Å². The Morgan fingerprint density at radius 2 is 2.00 bits per heavy atom. The fourth-order valence-corrected chi connectivity index (χ4v) is 2.35. The first-order valence-electron chi connectivity index (χ1n) is 6.80. The van der Waals surface area contributed by atoms with Crippen LogP contribution < -0.4 is 0 Å². The zero-order chi connectivity index (χ0) is 14.9. The second kappa shape index (κ2) is 5.53. The van der Waals surface area contributed by atoms with Gasteiger partial charge in [0.15, 0.2) is 0 Å². The van der Waals surface area contributed by atoms with Crippen LogP contribution in [0.15, 0.2) is 18.2 Å². The molecule has 1 aromatic carbocycles. The Morgan fingerprint density at radius 3 is 2.60 bits per heavy atom. The zero-order valence-electron chi connectivity index (χ0n) is 12.1. The summed E-state index contributed by atoms with van der Waals surface area (Å²) >= 11 is 0. The summed E-state index contributed by atoms with van der Waals surface area (Å²) in [4.78, 5) is 26.8. The maximum atomic E-state index is 12.4. The summed E-state index contributed by atoms with van der Waals surface area (Å²) < 4.78 is 0. The van der Waals surface area contributed by atoms with Gasteiger partial charge in [0.05, 0.1) is 5.56 Å². The lowest BCUT2D eigenvalue weighted by Crippen LogP contribution is -2.42. The standard InChI is InChI=1S/C15H20N2O3/c1-4-10(2)16(3)15(20)17-8-12-6-5-11(14(18)19)7-13(12)9-17/h5-7,10H,4,8-9H2,1-3H3,(H,18,19). The predicted molar refractivity (Wildman–Crippen MR) is 75.6 cm³/mol. The number of carboxylic acid groups (broad SMARTS) is 1. The summed E-state index contributed by atoms with van der Waals surface area (Å²) in [6, 6.07) is 5.24. The van der Waals surface area contributed by atoms with E-state index in [0.29, 0.717) is 13.1 Å². The number of nitrogens with zero attached hydrogens (tertiary/aromatic N) is 2. The fourth-order valence-electron chi connectivity index (χ4n) is 2.35. The molecular weight excluding hydrogens is 256 g/mol. The molecule has 1 unspecified atom stereocenters. The smallest absolute Gasteiger partial charge is 0.335 e. The van der Waals surface area contributed by atoms with Crippen molar-refractivity contribution >= 4 is 12.0 Å². The van der Waals surface area contributed by atoms with E-state index >= 15 is 0 Å². The van der Waals surface area contributed by atoms with Crippen molar-refractivity contribution in [3.05, 3.63) is 34.9 Å². The average Bonchev–Trinajstić information content (AvgIpc) is 2.87. The van der Waals surface area contributed by atoms with Crippen molar-refractivity contribution in [1.29, 1.82) is 0 Å². The van der Waals surface area contributed by atoms with Crippen LogP contribution in [0, 0.1) is 0 Å². The van der Waals surface area contributed by atoms with Crippen LogP contribution in [0.5, 0.6) is 0 Å². The van der Waals surface area contributed by atoms with E-state index in [9.17, 15) is 9.59 Å². The molecule has 0 aliphatic carbocycles. The van der Waals surface area contributed by atoms with E-state index in [2.05, 4.69) is 0 Å². The minimum atomic E-state index is -0.936. The van der Waals surface area contributed by atoms with Gasteiger partial charge in [-0.1, -0.05) is 13.0 Å². The molecular formula is C15H20N2O3. The van der Waals surface area contributed by atoms with Crippen LogP contribution in [-0.2, 0) is 13.1 Å². The third kappa shape index (κ3) is 2.61. The second-order valence-corrected chi connectivity index (χ2v) is 5.30. The number of aromatic carboxylic acids is 1. The molecule has 0 saturated carbocycles. The molecule has 0 aromatic heterocycles. The molecule has 1 aliphatic heterocycles. The Balaban J connectivity index is 2.13. The number of urea groups is 1. The highest BCUT2D eigenvalue weighted by atomic mass is 16.4. The van der Waals surface area contributed by atoms with Crippen LogP contribution in [0.25, 0.3) is 0 Å². The molecule has 2 amide bonds. The number of rotatable bonds is 3. The van der Waals surface area contributed by atoms with Gasteiger partial charge in [0, 0.05) is 26.2 Å². The molecule has 0 radical (unpaired) electrons. The molecule has 2 rings (SSSR count). The molecule has 5 heteroatoms. The second-order valence-electron chi connectivity index (χ2n) is 5.30. The summed E-state index contributed by atoms with van der Waals surface area (Å²) in [7, 11) is 1.81. The Bertz CT molecular complexity index is 542. The molecule has 1 atom stereocenters. The van der Waals surface area contributed by atoms with E-state index < -0.39 is 5.97 Å². The van der Waals surface area contributed by atoms with Gasteiger partial charge < -0.3 is 14.9 Å². The number of hydrogen-bond acceptors (Lipinski definition) is 2. The zero-order valence-corrected chi connectivity index (χ0v) is 12.1. The van der Waals surface area contributed by atoms with E-state index in [-0.39, 0.29) is 17.6 Å². The lowest BCUT2D eigenvalue weighted by molar-refractivity contribution is 0.0696. The first-order valence-corrected chi connectivity index (χ1v) is 6.80. The first-order chi connectivity index (χ1) is 9.43. The van der Waals surface area contributed by atoms with E-state index in [1.165, 1.54) is 0 Å². The molecule has 0 bridgehead atoms. The number of carbonyl (C=O) groups is 2. The number of benzene rings is 1. The number of carbonyl (C=O) groups excluding carboxylic acids is 1. The van der Waals surface area contributed by atoms with Gasteiger partial charge in [-0.05, 0) is 36.6 Å². The van der Waals surface area contributed by atoms with Crippen LogP contribution in [0.2, 0.25) is 0 Å². The SMILES string of the molecule is CCC(C)N(C)C(=O)N1Cc2ccc(C(=O)O)cc2C1. The van der Waals surface area contributed by atoms with Crippen molar-refractivity contribution in [3.63, 3.8) is 0 Å². The van der Waals surface area contributed by atoms with Gasteiger partial charge in [-0.15, -0.1) is 0 Å². The van der Waals surface area contributed by atoms with Gasteiger partial charge in [0.25, 0.3) is 0 Å². The monoisotopic (exact) mass is 276 g/mol. The minimum Gasteiger partial charge on any atom is -0.478 e. The molecule has 1 heterocycles. The molecule has 1 aromatic rings. The average molecular weight is 276 g/mol. The van der Waals surface area contributed by atoms with Crippen LogP contribution in [0.1, 0.15) is 41.8 Å². The molecule has 1 aliphatic rings. The predicted octanol–water partition coefficient (Wildman–Crippen LogP) is 2.55. The summed E-state index contributed by atoms with van der Waals surface area (Å²) in [6.07, 6.45) is 0.909.